The molecule has 1 heterocycles. The molecule has 106 valence electrons. The Balaban J connectivity index is 2.43. The Morgan fingerprint density at radius 3 is 2.70 bits per heavy atom. The minimum atomic E-state index is -3.97. The summed E-state index contributed by atoms with van der Waals surface area (Å²) in [5.74, 6) is -0.715. The second kappa shape index (κ2) is 5.64. The molecule has 20 heavy (non-hydrogen) atoms. The minimum absolute atomic E-state index is 0.0816. The van der Waals surface area contributed by atoms with Crippen LogP contribution in [0.5, 0.6) is 0 Å². The van der Waals surface area contributed by atoms with Gasteiger partial charge in [0.1, 0.15) is 10.7 Å². The first-order valence-corrected chi connectivity index (χ1v) is 7.40. The van der Waals surface area contributed by atoms with Crippen LogP contribution in [0.3, 0.4) is 0 Å². The van der Waals surface area contributed by atoms with E-state index in [1.807, 2.05) is 0 Å². The summed E-state index contributed by atoms with van der Waals surface area (Å²) in [5, 5.41) is 2.96. The molecular weight excluding hydrogens is 305 g/mol. The monoisotopic (exact) mass is 315 g/mol. The molecule has 0 fully saturated rings. The summed E-state index contributed by atoms with van der Waals surface area (Å²) >= 11 is 5.72. The van der Waals surface area contributed by atoms with E-state index in [9.17, 15) is 12.8 Å². The summed E-state index contributed by atoms with van der Waals surface area (Å²) in [6.07, 6.45) is 2.63. The molecule has 0 aliphatic heterocycles. The Bertz CT molecular complexity index is 737. The topological polar surface area (TPSA) is 71.1 Å². The van der Waals surface area contributed by atoms with Crippen LogP contribution in [-0.2, 0) is 10.0 Å². The van der Waals surface area contributed by atoms with E-state index >= 15 is 0 Å². The van der Waals surface area contributed by atoms with Crippen molar-refractivity contribution >= 4 is 33.0 Å². The molecule has 1 aromatic heterocycles. The van der Waals surface area contributed by atoms with Gasteiger partial charge in [-0.15, -0.1) is 0 Å². The number of rotatable bonds is 4. The van der Waals surface area contributed by atoms with Crippen molar-refractivity contribution < 1.29 is 12.8 Å². The van der Waals surface area contributed by atoms with Gasteiger partial charge >= 0.3 is 0 Å². The molecular formula is C12H11ClFN3O2S. The van der Waals surface area contributed by atoms with Gasteiger partial charge in [-0.1, -0.05) is 11.6 Å². The van der Waals surface area contributed by atoms with Crippen LogP contribution in [0.4, 0.5) is 15.8 Å². The number of nitrogens with one attached hydrogen (secondary N) is 2. The number of benzene rings is 1. The van der Waals surface area contributed by atoms with Crippen molar-refractivity contribution in [2.45, 2.75) is 4.90 Å². The number of hydrogen-bond donors (Lipinski definition) is 2. The number of sulfonamides is 1. The lowest BCUT2D eigenvalue weighted by atomic mass is 10.3. The Labute approximate surface area is 120 Å². The van der Waals surface area contributed by atoms with Crippen LogP contribution in [0, 0.1) is 5.82 Å². The van der Waals surface area contributed by atoms with E-state index in [1.54, 1.807) is 7.05 Å². The molecule has 8 heteroatoms. The molecule has 0 spiro atoms. The minimum Gasteiger partial charge on any atom is -0.387 e. The van der Waals surface area contributed by atoms with Gasteiger partial charge in [0, 0.05) is 24.5 Å². The van der Waals surface area contributed by atoms with Crippen molar-refractivity contribution in [1.29, 1.82) is 0 Å². The van der Waals surface area contributed by atoms with E-state index in [0.29, 0.717) is 5.69 Å². The zero-order chi connectivity index (χ0) is 14.8. The standard InChI is InChI=1S/C12H11ClFN3O2S/c1-15-10-4-5-16-7-12(10)20(18,19)17-11-6-8(13)2-3-9(11)14/h2-7,17H,1H3,(H,15,16). The number of pyridine rings is 1. The quantitative estimate of drug-likeness (QED) is 0.910. The van der Waals surface area contributed by atoms with Crippen molar-refractivity contribution in [1.82, 2.24) is 4.98 Å². The molecule has 5 nitrogen and oxygen atoms in total. The molecule has 0 amide bonds. The predicted molar refractivity (Wildman–Crippen MR) is 76.0 cm³/mol. The lowest BCUT2D eigenvalue weighted by molar-refractivity contribution is 0.598. The third-order valence-electron chi connectivity index (χ3n) is 2.52. The second-order valence-electron chi connectivity index (χ2n) is 3.85. The van der Waals surface area contributed by atoms with Crippen LogP contribution in [0.15, 0.2) is 41.6 Å². The average molecular weight is 316 g/mol. The van der Waals surface area contributed by atoms with Crippen molar-refractivity contribution in [3.8, 4) is 0 Å². The fraction of sp³-hybridized carbons (Fsp3) is 0.0833. The maximum Gasteiger partial charge on any atom is 0.265 e. The van der Waals surface area contributed by atoms with Gasteiger partial charge in [-0.2, -0.15) is 0 Å². The first-order chi connectivity index (χ1) is 9.44. The van der Waals surface area contributed by atoms with Crippen LogP contribution in [0.2, 0.25) is 5.02 Å². The molecule has 0 radical (unpaired) electrons. The van der Waals surface area contributed by atoms with Crippen LogP contribution in [0.25, 0.3) is 0 Å². The lowest BCUT2D eigenvalue weighted by Crippen LogP contribution is -2.16. The van der Waals surface area contributed by atoms with Gasteiger partial charge in [-0.25, -0.2) is 12.8 Å². The highest BCUT2D eigenvalue weighted by Gasteiger charge is 2.20. The van der Waals surface area contributed by atoms with Gasteiger partial charge < -0.3 is 5.32 Å². The summed E-state index contributed by atoms with van der Waals surface area (Å²) in [6, 6.07) is 5.12. The molecule has 0 unspecified atom stereocenters. The number of nitrogens with zero attached hydrogens (tertiary/aromatic N) is 1. The van der Waals surface area contributed by atoms with Gasteiger partial charge in [-0.3, -0.25) is 9.71 Å². The molecule has 0 aliphatic carbocycles. The smallest absolute Gasteiger partial charge is 0.265 e. The van der Waals surface area contributed by atoms with Gasteiger partial charge in [-0.05, 0) is 24.3 Å². The highest BCUT2D eigenvalue weighted by Crippen LogP contribution is 2.25. The molecule has 0 bridgehead atoms. The molecule has 0 atom stereocenters. The number of aromatic nitrogens is 1. The summed E-state index contributed by atoms with van der Waals surface area (Å²) in [5.41, 5.74) is 0.137. The van der Waals surface area contributed by atoms with Gasteiger partial charge in [0.25, 0.3) is 10.0 Å². The molecule has 2 N–H and O–H groups in total. The average Bonchev–Trinajstić information content (AvgIpc) is 2.42. The first kappa shape index (κ1) is 14.5. The SMILES string of the molecule is CNc1ccncc1S(=O)(=O)Nc1cc(Cl)ccc1F. The van der Waals surface area contributed by atoms with Crippen LogP contribution in [-0.4, -0.2) is 20.4 Å². The lowest BCUT2D eigenvalue weighted by Gasteiger charge is -2.12. The van der Waals surface area contributed by atoms with Crippen molar-refractivity contribution in [2.75, 3.05) is 17.1 Å². The van der Waals surface area contributed by atoms with Crippen LogP contribution in [0.1, 0.15) is 0 Å². The van der Waals surface area contributed by atoms with E-state index < -0.39 is 15.8 Å². The van der Waals surface area contributed by atoms with E-state index in [0.717, 1.165) is 6.07 Å². The number of anilines is 2. The van der Waals surface area contributed by atoms with Crippen molar-refractivity contribution in [2.24, 2.45) is 0 Å². The summed E-state index contributed by atoms with van der Waals surface area (Å²) < 4.78 is 40.2. The Morgan fingerprint density at radius 1 is 1.25 bits per heavy atom. The molecule has 1 aromatic carbocycles. The Kier molecular flexibility index (Phi) is 4.10. The molecule has 0 saturated carbocycles. The van der Waals surface area contributed by atoms with Crippen molar-refractivity contribution in [3.05, 3.63) is 47.5 Å². The zero-order valence-electron chi connectivity index (χ0n) is 10.4. The summed E-state index contributed by atoms with van der Waals surface area (Å²) in [7, 11) is -2.39. The fourth-order valence-corrected chi connectivity index (χ4v) is 2.96. The van der Waals surface area contributed by atoms with Crippen molar-refractivity contribution in [3.63, 3.8) is 0 Å². The maximum atomic E-state index is 13.6. The third kappa shape index (κ3) is 3.00. The number of hydrogen-bond acceptors (Lipinski definition) is 4. The van der Waals surface area contributed by atoms with E-state index in [1.165, 1.54) is 30.6 Å². The molecule has 0 aliphatic rings. The summed E-state index contributed by atoms with van der Waals surface area (Å²) in [4.78, 5) is 3.68. The highest BCUT2D eigenvalue weighted by atomic mass is 35.5. The van der Waals surface area contributed by atoms with Gasteiger partial charge in [0.2, 0.25) is 0 Å². The van der Waals surface area contributed by atoms with E-state index in [2.05, 4.69) is 15.0 Å². The normalized spacial score (nSPS) is 11.2. The second-order valence-corrected chi connectivity index (χ2v) is 5.94. The largest absolute Gasteiger partial charge is 0.387 e. The molecule has 0 saturated heterocycles. The van der Waals surface area contributed by atoms with E-state index in [4.69, 9.17) is 11.6 Å². The molecule has 2 rings (SSSR count). The number of halogens is 2. The van der Waals surface area contributed by atoms with Crippen LogP contribution >= 0.6 is 11.6 Å². The molecule has 2 aromatic rings. The Morgan fingerprint density at radius 2 is 2.00 bits per heavy atom. The zero-order valence-corrected chi connectivity index (χ0v) is 12.0. The Hall–Kier alpha value is -1.86. The third-order valence-corrected chi connectivity index (χ3v) is 4.14. The highest BCUT2D eigenvalue weighted by molar-refractivity contribution is 7.92. The fourth-order valence-electron chi connectivity index (χ4n) is 1.58. The van der Waals surface area contributed by atoms with Gasteiger partial charge in [0.05, 0.1) is 11.4 Å². The predicted octanol–water partition coefficient (Wildman–Crippen LogP) is 2.72. The van der Waals surface area contributed by atoms with Gasteiger partial charge in [0.15, 0.2) is 0 Å². The first-order valence-electron chi connectivity index (χ1n) is 5.53. The summed E-state index contributed by atoms with van der Waals surface area (Å²) in [6.45, 7) is 0. The van der Waals surface area contributed by atoms with Crippen LogP contribution < -0.4 is 10.0 Å². The van der Waals surface area contributed by atoms with E-state index in [-0.39, 0.29) is 15.6 Å². The maximum absolute atomic E-state index is 13.6.